The summed E-state index contributed by atoms with van der Waals surface area (Å²) in [6, 6.07) is -0.942. The molecule has 2 aliphatic heterocycles. The lowest BCUT2D eigenvalue weighted by molar-refractivity contribution is -0.359. The molecule has 1 amide bonds. The van der Waals surface area contributed by atoms with Gasteiger partial charge in [-0.3, -0.25) is 4.79 Å². The van der Waals surface area contributed by atoms with Crippen molar-refractivity contribution in [2.45, 2.75) is 286 Å². The van der Waals surface area contributed by atoms with Crippen molar-refractivity contribution in [2.75, 3.05) is 19.8 Å². The fourth-order valence-electron chi connectivity index (χ4n) is 9.08. The molecule has 0 aliphatic carbocycles. The van der Waals surface area contributed by atoms with Crippen molar-refractivity contribution < 1.29 is 64.6 Å². The van der Waals surface area contributed by atoms with Gasteiger partial charge in [-0.15, -0.1) is 0 Å². The molecule has 2 rings (SSSR count). The molecule has 2 saturated heterocycles. The van der Waals surface area contributed by atoms with E-state index in [2.05, 4.69) is 55.6 Å². The minimum Gasteiger partial charge on any atom is -0.394 e. The maximum atomic E-state index is 13.2. The standard InChI is InChI=1S/C57H103NO13/c1-3-5-7-9-11-13-15-17-18-19-20-21-22-23-24-25-26-27-28-29-30-32-34-36-38-40-46(61)45(58-49(62)41-39-37-35-33-31-16-14-12-10-8-6-4-2)44-68-56-54(67)52(65)55(48(43-60)70-56)71-57-53(66)51(64)50(63)47(42-59)69-57/h12,14,26-27,30,32,38,40,45-48,50-57,59-61,63-67H,3-11,13,15-25,28-29,31,33-37,39,41-44H2,1-2H3,(H,58,62)/b14-12-,27-26+,32-30+,40-38+. The normalized spacial score (nSPS) is 26.1. The lowest BCUT2D eigenvalue weighted by Crippen LogP contribution is -2.65. The van der Waals surface area contributed by atoms with Crippen molar-refractivity contribution in [1.82, 2.24) is 5.32 Å². The van der Waals surface area contributed by atoms with Crippen LogP contribution in [0.15, 0.2) is 48.6 Å². The number of aliphatic hydroxyl groups excluding tert-OH is 8. The highest BCUT2D eigenvalue weighted by Gasteiger charge is 2.51. The number of allylic oxidation sites excluding steroid dienone is 7. The van der Waals surface area contributed by atoms with Crippen LogP contribution in [0.1, 0.15) is 213 Å². The van der Waals surface area contributed by atoms with Gasteiger partial charge in [-0.25, -0.2) is 0 Å². The molecule has 0 aromatic rings. The van der Waals surface area contributed by atoms with Gasteiger partial charge in [-0.1, -0.05) is 184 Å². The molecule has 0 aromatic carbocycles. The first-order chi connectivity index (χ1) is 34.6. The minimum absolute atomic E-state index is 0.259. The van der Waals surface area contributed by atoms with Crippen LogP contribution in [0.4, 0.5) is 0 Å². The zero-order chi connectivity index (χ0) is 51.7. The third kappa shape index (κ3) is 29.6. The molecular formula is C57H103NO13. The predicted molar refractivity (Wildman–Crippen MR) is 281 cm³/mol. The first-order valence-corrected chi connectivity index (χ1v) is 28.4. The zero-order valence-corrected chi connectivity index (χ0v) is 44.2. The Kier molecular flexibility index (Phi) is 39.6. The van der Waals surface area contributed by atoms with Crippen LogP contribution in [0.2, 0.25) is 0 Å². The molecule has 9 N–H and O–H groups in total. The topological polar surface area (TPSA) is 228 Å². The Morgan fingerprint density at radius 2 is 0.901 bits per heavy atom. The molecule has 2 fully saturated rings. The number of ether oxygens (including phenoxy) is 4. The summed E-state index contributed by atoms with van der Waals surface area (Å²) in [5.41, 5.74) is 0. The number of nitrogens with one attached hydrogen (secondary N) is 1. The number of amides is 1. The molecule has 0 spiro atoms. The van der Waals surface area contributed by atoms with E-state index in [-0.39, 0.29) is 18.9 Å². The molecule has 2 aliphatic rings. The largest absolute Gasteiger partial charge is 0.394 e. The van der Waals surface area contributed by atoms with E-state index in [1.807, 2.05) is 6.08 Å². The molecule has 14 heteroatoms. The fraction of sp³-hybridized carbons (Fsp3) is 0.842. The molecule has 0 saturated carbocycles. The summed E-state index contributed by atoms with van der Waals surface area (Å²) in [5.74, 6) is -0.265. The van der Waals surface area contributed by atoms with Gasteiger partial charge < -0.3 is 65.1 Å². The fourth-order valence-corrected chi connectivity index (χ4v) is 9.08. The molecule has 14 nitrogen and oxygen atoms in total. The number of hydrogen-bond donors (Lipinski definition) is 9. The second-order valence-electron chi connectivity index (χ2n) is 20.0. The second kappa shape index (κ2) is 43.2. The van der Waals surface area contributed by atoms with E-state index in [0.29, 0.717) is 12.8 Å². The van der Waals surface area contributed by atoms with Crippen molar-refractivity contribution in [2.24, 2.45) is 0 Å². The van der Waals surface area contributed by atoms with E-state index in [9.17, 15) is 45.6 Å². The molecule has 12 atom stereocenters. The summed E-state index contributed by atoms with van der Waals surface area (Å²) in [6.07, 6.45) is 36.0. The Hall–Kier alpha value is -2.05. The number of rotatable bonds is 44. The van der Waals surface area contributed by atoms with Crippen LogP contribution in [-0.4, -0.2) is 140 Å². The van der Waals surface area contributed by atoms with Gasteiger partial charge in [-0.2, -0.15) is 0 Å². The van der Waals surface area contributed by atoms with Gasteiger partial charge >= 0.3 is 0 Å². The van der Waals surface area contributed by atoms with Crippen molar-refractivity contribution in [3.63, 3.8) is 0 Å². The van der Waals surface area contributed by atoms with Gasteiger partial charge in [0.05, 0.1) is 32.0 Å². The summed E-state index contributed by atoms with van der Waals surface area (Å²) in [7, 11) is 0. The van der Waals surface area contributed by atoms with E-state index in [4.69, 9.17) is 18.9 Å². The molecule has 414 valence electrons. The van der Waals surface area contributed by atoms with Gasteiger partial charge in [-0.05, 0) is 70.6 Å². The smallest absolute Gasteiger partial charge is 0.220 e. The Bertz CT molecular complexity index is 1380. The summed E-state index contributed by atoms with van der Waals surface area (Å²) in [6.45, 7) is 2.73. The summed E-state index contributed by atoms with van der Waals surface area (Å²) in [5, 5.41) is 86.8. The maximum absolute atomic E-state index is 13.2. The highest BCUT2D eigenvalue weighted by Crippen LogP contribution is 2.30. The van der Waals surface area contributed by atoms with Crippen molar-refractivity contribution >= 4 is 5.91 Å². The lowest BCUT2D eigenvalue weighted by atomic mass is 9.97. The van der Waals surface area contributed by atoms with Crippen LogP contribution >= 0.6 is 0 Å². The molecule has 71 heavy (non-hydrogen) atoms. The Balaban J connectivity index is 1.79. The van der Waals surface area contributed by atoms with Gasteiger partial charge in [0.1, 0.15) is 48.8 Å². The van der Waals surface area contributed by atoms with E-state index < -0.39 is 86.8 Å². The number of carbonyl (C=O) groups is 1. The van der Waals surface area contributed by atoms with E-state index in [0.717, 1.165) is 64.2 Å². The molecule has 12 unspecified atom stereocenters. The van der Waals surface area contributed by atoms with Crippen LogP contribution in [0.3, 0.4) is 0 Å². The van der Waals surface area contributed by atoms with E-state index >= 15 is 0 Å². The van der Waals surface area contributed by atoms with E-state index in [1.165, 1.54) is 116 Å². The molecule has 2 heterocycles. The highest BCUT2D eigenvalue weighted by molar-refractivity contribution is 5.76. The second-order valence-corrected chi connectivity index (χ2v) is 20.0. The number of carbonyl (C=O) groups excluding carboxylic acids is 1. The first kappa shape index (κ1) is 65.1. The van der Waals surface area contributed by atoms with Crippen molar-refractivity contribution in [1.29, 1.82) is 0 Å². The molecule has 0 bridgehead atoms. The average Bonchev–Trinajstić information content (AvgIpc) is 3.37. The predicted octanol–water partition coefficient (Wildman–Crippen LogP) is 8.83. The summed E-state index contributed by atoms with van der Waals surface area (Å²) >= 11 is 0. The molecular weight excluding hydrogens is 907 g/mol. The van der Waals surface area contributed by atoms with Crippen LogP contribution in [0.5, 0.6) is 0 Å². The average molecular weight is 1010 g/mol. The number of aliphatic hydroxyl groups is 8. The van der Waals surface area contributed by atoms with Gasteiger partial charge in [0, 0.05) is 6.42 Å². The number of hydrogen-bond acceptors (Lipinski definition) is 13. The van der Waals surface area contributed by atoms with Crippen LogP contribution < -0.4 is 5.32 Å². The SMILES string of the molecule is CCCCC/C=C\CCCCCCCC(=O)NC(COC1OC(CO)C(OC2OC(CO)C(O)C(O)C2O)C(O)C1O)C(O)/C=C/CC/C=C/CC/C=C/CCCCCCCCCCCCCCCCC. The van der Waals surface area contributed by atoms with Crippen molar-refractivity contribution in [3.05, 3.63) is 48.6 Å². The Labute approximate surface area is 429 Å². The van der Waals surface area contributed by atoms with Gasteiger partial charge in [0.25, 0.3) is 0 Å². The quantitative estimate of drug-likeness (QED) is 0.0206. The Morgan fingerprint density at radius 1 is 0.493 bits per heavy atom. The highest BCUT2D eigenvalue weighted by atomic mass is 16.7. The van der Waals surface area contributed by atoms with Crippen LogP contribution in [-0.2, 0) is 23.7 Å². The van der Waals surface area contributed by atoms with E-state index in [1.54, 1.807) is 6.08 Å². The first-order valence-electron chi connectivity index (χ1n) is 28.4. The third-order valence-electron chi connectivity index (χ3n) is 13.7. The monoisotopic (exact) mass is 1010 g/mol. The zero-order valence-electron chi connectivity index (χ0n) is 44.2. The van der Waals surface area contributed by atoms with Crippen LogP contribution in [0, 0.1) is 0 Å². The number of unbranched alkanes of at least 4 members (excludes halogenated alkanes) is 25. The summed E-state index contributed by atoms with van der Waals surface area (Å²) < 4.78 is 22.7. The van der Waals surface area contributed by atoms with Gasteiger partial charge in [0.2, 0.25) is 5.91 Å². The minimum atomic E-state index is -1.79. The van der Waals surface area contributed by atoms with Crippen LogP contribution in [0.25, 0.3) is 0 Å². The molecule has 0 radical (unpaired) electrons. The van der Waals surface area contributed by atoms with Crippen molar-refractivity contribution in [3.8, 4) is 0 Å². The molecule has 0 aromatic heterocycles. The summed E-state index contributed by atoms with van der Waals surface area (Å²) in [4.78, 5) is 13.2. The maximum Gasteiger partial charge on any atom is 0.220 e. The van der Waals surface area contributed by atoms with Gasteiger partial charge in [0.15, 0.2) is 12.6 Å². The third-order valence-corrected chi connectivity index (χ3v) is 13.7. The Morgan fingerprint density at radius 3 is 1.41 bits per heavy atom. The lowest BCUT2D eigenvalue weighted by Gasteiger charge is -2.46.